The first-order chi connectivity index (χ1) is 14.6. The van der Waals surface area contributed by atoms with Crippen molar-refractivity contribution < 1.29 is 9.53 Å². The van der Waals surface area contributed by atoms with Crippen molar-refractivity contribution in [1.29, 1.82) is 0 Å². The van der Waals surface area contributed by atoms with Crippen LogP contribution in [-0.4, -0.2) is 44.6 Å². The first kappa shape index (κ1) is 18.3. The molecule has 152 valence electrons. The predicted molar refractivity (Wildman–Crippen MR) is 114 cm³/mol. The zero-order valence-corrected chi connectivity index (χ0v) is 16.9. The van der Waals surface area contributed by atoms with Gasteiger partial charge in [0.25, 0.3) is 0 Å². The van der Waals surface area contributed by atoms with Gasteiger partial charge in [-0.2, -0.15) is 0 Å². The van der Waals surface area contributed by atoms with E-state index in [1.54, 1.807) is 20.4 Å². The Bertz CT molecular complexity index is 1280. The molecule has 2 atom stereocenters. The Morgan fingerprint density at radius 1 is 1.27 bits per heavy atom. The molecule has 1 fully saturated rings. The average molecular weight is 403 g/mol. The topological polar surface area (TPSA) is 106 Å². The second kappa shape index (κ2) is 6.94. The maximum atomic E-state index is 12.3. The summed E-state index contributed by atoms with van der Waals surface area (Å²) >= 11 is 0. The lowest BCUT2D eigenvalue weighted by molar-refractivity contribution is -0.117. The monoisotopic (exact) mass is 403 g/mol. The van der Waals surface area contributed by atoms with Crippen LogP contribution in [0, 0.1) is 11.8 Å². The van der Waals surface area contributed by atoms with Gasteiger partial charge in [-0.15, -0.1) is 10.2 Å². The zero-order valence-electron chi connectivity index (χ0n) is 16.9. The Hall–Kier alpha value is -3.75. The number of amides is 1. The van der Waals surface area contributed by atoms with E-state index in [2.05, 4.69) is 32.7 Å². The Kier molecular flexibility index (Phi) is 4.23. The van der Waals surface area contributed by atoms with Gasteiger partial charge in [0.15, 0.2) is 11.6 Å². The summed E-state index contributed by atoms with van der Waals surface area (Å²) in [6.07, 6.45) is 6.45. The van der Waals surface area contributed by atoms with Gasteiger partial charge in [-0.1, -0.05) is 6.92 Å². The molecule has 9 heteroatoms. The molecule has 1 saturated carbocycles. The maximum Gasteiger partial charge on any atom is 0.228 e. The zero-order chi connectivity index (χ0) is 20.8. The standard InChI is InChI=1S/C21H21N7O2/c1-11-6-13(11)21(29)25-17-7-14-15(8-23-20(22-2)19(14)27-26-17)16-10-28-9-12(30-3)4-5-18(28)24-16/h4-5,7-11,13H,6H2,1-3H3,(H,22,23)(H,25,26,29)/t11-,13+/m1/s1. The van der Waals surface area contributed by atoms with Gasteiger partial charge in [-0.3, -0.25) is 4.79 Å². The minimum absolute atomic E-state index is 0.0135. The minimum atomic E-state index is -0.0135. The van der Waals surface area contributed by atoms with Gasteiger partial charge in [0, 0.05) is 36.3 Å². The fourth-order valence-corrected chi connectivity index (χ4v) is 3.61. The lowest BCUT2D eigenvalue weighted by atomic mass is 10.1. The largest absolute Gasteiger partial charge is 0.495 e. The predicted octanol–water partition coefficient (Wildman–Crippen LogP) is 2.98. The number of hydrogen-bond acceptors (Lipinski definition) is 7. The molecule has 1 aliphatic rings. The SMILES string of the molecule is CNc1ncc(-c2cn3cc(OC)ccc3n2)c2cc(NC(=O)[C@H]3C[C@H]3C)nnc12. The van der Waals surface area contributed by atoms with Crippen LogP contribution in [0.15, 0.2) is 36.8 Å². The van der Waals surface area contributed by atoms with Crippen LogP contribution >= 0.6 is 0 Å². The van der Waals surface area contributed by atoms with Crippen LogP contribution in [0.5, 0.6) is 5.75 Å². The van der Waals surface area contributed by atoms with Crippen LogP contribution in [0.2, 0.25) is 0 Å². The van der Waals surface area contributed by atoms with Gasteiger partial charge in [0.05, 0.1) is 19.0 Å². The number of pyridine rings is 2. The third kappa shape index (κ3) is 3.08. The maximum absolute atomic E-state index is 12.3. The van der Waals surface area contributed by atoms with E-state index in [0.29, 0.717) is 23.1 Å². The normalized spacial score (nSPS) is 17.8. The van der Waals surface area contributed by atoms with Crippen molar-refractivity contribution in [2.45, 2.75) is 13.3 Å². The van der Waals surface area contributed by atoms with Crippen molar-refractivity contribution in [1.82, 2.24) is 24.6 Å². The van der Waals surface area contributed by atoms with Gasteiger partial charge in [0.1, 0.15) is 16.9 Å². The van der Waals surface area contributed by atoms with Crippen LogP contribution in [0.4, 0.5) is 11.6 Å². The van der Waals surface area contributed by atoms with Crippen molar-refractivity contribution in [2.75, 3.05) is 24.8 Å². The molecular formula is C21H21N7O2. The second-order valence-electron chi connectivity index (χ2n) is 7.53. The average Bonchev–Trinajstić information content (AvgIpc) is 3.35. The minimum Gasteiger partial charge on any atom is -0.495 e. The van der Waals surface area contributed by atoms with Crippen LogP contribution in [0.1, 0.15) is 13.3 Å². The second-order valence-corrected chi connectivity index (χ2v) is 7.53. The summed E-state index contributed by atoms with van der Waals surface area (Å²) in [5.74, 6) is 2.24. The highest BCUT2D eigenvalue weighted by Gasteiger charge is 2.39. The van der Waals surface area contributed by atoms with Gasteiger partial charge in [-0.05, 0) is 30.5 Å². The number of nitrogens with zero attached hydrogens (tertiary/aromatic N) is 5. The van der Waals surface area contributed by atoms with Crippen LogP contribution in [-0.2, 0) is 4.79 Å². The number of methoxy groups -OCH3 is 1. The van der Waals surface area contributed by atoms with Crippen LogP contribution in [0.25, 0.3) is 27.8 Å². The van der Waals surface area contributed by atoms with E-state index < -0.39 is 0 Å². The fourth-order valence-electron chi connectivity index (χ4n) is 3.61. The number of anilines is 2. The number of nitrogens with one attached hydrogen (secondary N) is 2. The summed E-state index contributed by atoms with van der Waals surface area (Å²) in [7, 11) is 3.41. The smallest absolute Gasteiger partial charge is 0.228 e. The highest BCUT2D eigenvalue weighted by molar-refractivity contribution is 6.01. The van der Waals surface area contributed by atoms with Gasteiger partial charge < -0.3 is 19.8 Å². The molecule has 0 bridgehead atoms. The molecule has 0 unspecified atom stereocenters. The number of hydrogen-bond donors (Lipinski definition) is 2. The lowest BCUT2D eigenvalue weighted by Crippen LogP contribution is -2.16. The van der Waals surface area contributed by atoms with E-state index in [-0.39, 0.29) is 11.8 Å². The van der Waals surface area contributed by atoms with Gasteiger partial charge in [0.2, 0.25) is 5.91 Å². The molecule has 0 saturated heterocycles. The molecule has 9 nitrogen and oxygen atoms in total. The molecule has 0 aromatic carbocycles. The van der Waals surface area contributed by atoms with Crippen molar-refractivity contribution in [3.8, 4) is 17.0 Å². The molecule has 0 radical (unpaired) electrons. The van der Waals surface area contributed by atoms with E-state index in [1.807, 2.05) is 35.0 Å². The molecule has 1 aliphatic carbocycles. The first-order valence-electron chi connectivity index (χ1n) is 9.75. The van der Waals surface area contributed by atoms with Gasteiger partial charge in [-0.25, -0.2) is 9.97 Å². The third-order valence-electron chi connectivity index (χ3n) is 5.50. The lowest BCUT2D eigenvalue weighted by Gasteiger charge is -2.09. The summed E-state index contributed by atoms with van der Waals surface area (Å²) < 4.78 is 7.20. The van der Waals surface area contributed by atoms with Crippen LogP contribution < -0.4 is 15.4 Å². The number of aromatic nitrogens is 5. The van der Waals surface area contributed by atoms with E-state index in [4.69, 9.17) is 9.72 Å². The fraction of sp³-hybridized carbons (Fsp3) is 0.286. The van der Waals surface area contributed by atoms with Gasteiger partial charge >= 0.3 is 0 Å². The molecule has 4 heterocycles. The number of ether oxygens (including phenoxy) is 1. The Balaban J connectivity index is 1.61. The van der Waals surface area contributed by atoms with Crippen LogP contribution in [0.3, 0.4) is 0 Å². The quantitative estimate of drug-likeness (QED) is 0.528. The van der Waals surface area contributed by atoms with Crippen molar-refractivity contribution in [2.24, 2.45) is 11.8 Å². The van der Waals surface area contributed by atoms with Crippen molar-refractivity contribution in [3.63, 3.8) is 0 Å². The van der Waals surface area contributed by atoms with E-state index >= 15 is 0 Å². The Morgan fingerprint density at radius 2 is 2.10 bits per heavy atom. The molecule has 30 heavy (non-hydrogen) atoms. The number of rotatable bonds is 5. The molecule has 1 amide bonds. The third-order valence-corrected chi connectivity index (χ3v) is 5.50. The first-order valence-corrected chi connectivity index (χ1v) is 9.75. The molecule has 0 spiro atoms. The van der Waals surface area contributed by atoms with Crippen molar-refractivity contribution >= 4 is 34.1 Å². The summed E-state index contributed by atoms with van der Waals surface area (Å²) in [5, 5.41) is 15.2. The molecule has 4 aromatic rings. The molecule has 5 rings (SSSR count). The number of carbonyl (C=O) groups excluding carboxylic acids is 1. The number of fused-ring (bicyclic) bond motifs is 2. The molecule has 0 aliphatic heterocycles. The number of carbonyl (C=O) groups is 1. The van der Waals surface area contributed by atoms with E-state index in [9.17, 15) is 4.79 Å². The Labute approximate surface area is 172 Å². The summed E-state index contributed by atoms with van der Waals surface area (Å²) in [6.45, 7) is 2.07. The van der Waals surface area contributed by atoms with E-state index in [0.717, 1.165) is 34.5 Å². The van der Waals surface area contributed by atoms with E-state index in [1.165, 1.54) is 0 Å². The molecule has 4 aromatic heterocycles. The molecule has 2 N–H and O–H groups in total. The number of imidazole rings is 1. The molecular weight excluding hydrogens is 382 g/mol. The summed E-state index contributed by atoms with van der Waals surface area (Å²) in [6, 6.07) is 5.59. The summed E-state index contributed by atoms with van der Waals surface area (Å²) in [4.78, 5) is 21.5. The van der Waals surface area contributed by atoms with Crippen molar-refractivity contribution in [3.05, 3.63) is 36.8 Å². The summed E-state index contributed by atoms with van der Waals surface area (Å²) in [5.41, 5.74) is 2.94. The highest BCUT2D eigenvalue weighted by atomic mass is 16.5. The highest BCUT2D eigenvalue weighted by Crippen LogP contribution is 2.38. The Morgan fingerprint density at radius 3 is 2.83 bits per heavy atom.